The van der Waals surface area contributed by atoms with Crippen molar-refractivity contribution in [3.05, 3.63) is 64.7 Å². The van der Waals surface area contributed by atoms with E-state index in [-0.39, 0.29) is 22.9 Å². The van der Waals surface area contributed by atoms with Crippen molar-refractivity contribution in [1.29, 1.82) is 0 Å². The number of carboxylic acid groups (broad SMARTS) is 1. The molecular formula is C22H22N2O5. The number of anilines is 1. The van der Waals surface area contributed by atoms with Gasteiger partial charge < -0.3 is 10.4 Å². The molecule has 0 spiro atoms. The summed E-state index contributed by atoms with van der Waals surface area (Å²) in [4.78, 5) is 50.0. The molecule has 0 bridgehead atoms. The van der Waals surface area contributed by atoms with E-state index in [1.54, 1.807) is 31.2 Å². The van der Waals surface area contributed by atoms with Crippen molar-refractivity contribution < 1.29 is 24.3 Å². The van der Waals surface area contributed by atoms with Gasteiger partial charge in [0.15, 0.2) is 0 Å². The number of amides is 3. The fourth-order valence-corrected chi connectivity index (χ4v) is 3.18. The maximum absolute atomic E-state index is 12.6. The van der Waals surface area contributed by atoms with E-state index in [0.29, 0.717) is 23.4 Å². The summed E-state index contributed by atoms with van der Waals surface area (Å²) < 4.78 is 0. The zero-order valence-corrected chi connectivity index (χ0v) is 16.3. The van der Waals surface area contributed by atoms with E-state index < -0.39 is 17.8 Å². The van der Waals surface area contributed by atoms with E-state index in [9.17, 15) is 19.2 Å². The number of nitrogens with zero attached hydrogens (tertiary/aromatic N) is 1. The largest absolute Gasteiger partial charge is 0.481 e. The van der Waals surface area contributed by atoms with Gasteiger partial charge in [-0.25, -0.2) is 0 Å². The van der Waals surface area contributed by atoms with E-state index in [4.69, 9.17) is 5.11 Å². The molecule has 2 aromatic rings. The Morgan fingerprint density at radius 3 is 2.48 bits per heavy atom. The van der Waals surface area contributed by atoms with Crippen molar-refractivity contribution in [2.75, 3.05) is 11.9 Å². The molecule has 1 heterocycles. The molecule has 0 saturated carbocycles. The summed E-state index contributed by atoms with van der Waals surface area (Å²) in [5, 5.41) is 11.9. The molecule has 1 unspecified atom stereocenters. The van der Waals surface area contributed by atoms with Gasteiger partial charge in [0.1, 0.15) is 0 Å². The summed E-state index contributed by atoms with van der Waals surface area (Å²) in [6.45, 7) is 3.91. The van der Waals surface area contributed by atoms with Crippen LogP contribution in [0.25, 0.3) is 0 Å². The van der Waals surface area contributed by atoms with Crippen LogP contribution in [-0.4, -0.2) is 40.2 Å². The second-order valence-corrected chi connectivity index (χ2v) is 7.02. The second kappa shape index (κ2) is 8.26. The van der Waals surface area contributed by atoms with Crippen LogP contribution in [0, 0.1) is 0 Å². The molecule has 1 atom stereocenters. The zero-order valence-electron chi connectivity index (χ0n) is 16.3. The van der Waals surface area contributed by atoms with Crippen molar-refractivity contribution in [2.24, 2.45) is 0 Å². The topological polar surface area (TPSA) is 104 Å². The summed E-state index contributed by atoms with van der Waals surface area (Å²) in [6.07, 6.45) is 1.59. The van der Waals surface area contributed by atoms with Gasteiger partial charge in [-0.15, -0.1) is 0 Å². The minimum atomic E-state index is -0.956. The van der Waals surface area contributed by atoms with Crippen LogP contribution < -0.4 is 5.32 Å². The molecule has 0 aromatic heterocycles. The molecule has 1 aliphatic rings. The first-order chi connectivity index (χ1) is 13.8. The van der Waals surface area contributed by atoms with Crippen LogP contribution in [0.15, 0.2) is 42.5 Å². The maximum Gasteiger partial charge on any atom is 0.310 e. The number of aliphatic carboxylic acids is 1. The molecule has 150 valence electrons. The third-order valence-electron chi connectivity index (χ3n) is 4.98. The standard InChI is InChI=1S/C22H22N2O5/c1-3-4-10-24-20(26)17-9-8-15(12-18(17)21(24)27)19(25)23-16-7-5-6-14(11-16)13(2)22(28)29/h5-9,11-13H,3-4,10H2,1-2H3,(H,23,25)(H,28,29). The van der Waals surface area contributed by atoms with Crippen LogP contribution in [-0.2, 0) is 4.79 Å². The van der Waals surface area contributed by atoms with Gasteiger partial charge >= 0.3 is 5.97 Å². The number of carbonyl (C=O) groups excluding carboxylic acids is 3. The fraction of sp³-hybridized carbons (Fsp3) is 0.273. The SMILES string of the molecule is CCCCN1C(=O)c2ccc(C(=O)Nc3cccc(C(C)C(=O)O)c3)cc2C1=O. The van der Waals surface area contributed by atoms with Gasteiger partial charge in [-0.05, 0) is 49.2 Å². The summed E-state index contributed by atoms with van der Waals surface area (Å²) in [6, 6.07) is 11.0. The number of rotatable bonds is 7. The highest BCUT2D eigenvalue weighted by Gasteiger charge is 2.35. The Morgan fingerprint density at radius 2 is 1.79 bits per heavy atom. The lowest BCUT2D eigenvalue weighted by Gasteiger charge is -2.12. The van der Waals surface area contributed by atoms with Gasteiger partial charge in [-0.2, -0.15) is 0 Å². The lowest BCUT2D eigenvalue weighted by molar-refractivity contribution is -0.138. The normalized spacial score (nSPS) is 13.9. The molecule has 3 rings (SSSR count). The Morgan fingerprint density at radius 1 is 1.07 bits per heavy atom. The quantitative estimate of drug-likeness (QED) is 0.699. The lowest BCUT2D eigenvalue weighted by Crippen LogP contribution is -2.30. The van der Waals surface area contributed by atoms with Crippen LogP contribution in [0.4, 0.5) is 5.69 Å². The third kappa shape index (κ3) is 4.03. The summed E-state index contributed by atoms with van der Waals surface area (Å²) in [5.74, 6) is -2.82. The molecule has 0 fully saturated rings. The molecule has 3 amide bonds. The number of benzene rings is 2. The van der Waals surface area contributed by atoms with Gasteiger partial charge in [0.25, 0.3) is 17.7 Å². The monoisotopic (exact) mass is 394 g/mol. The Kier molecular flexibility index (Phi) is 5.77. The van der Waals surface area contributed by atoms with Crippen LogP contribution >= 0.6 is 0 Å². The van der Waals surface area contributed by atoms with Gasteiger partial charge in [0, 0.05) is 17.8 Å². The van der Waals surface area contributed by atoms with E-state index >= 15 is 0 Å². The number of imide groups is 1. The van der Waals surface area contributed by atoms with Crippen molar-refractivity contribution in [1.82, 2.24) is 4.90 Å². The van der Waals surface area contributed by atoms with Crippen LogP contribution in [0.2, 0.25) is 0 Å². The Balaban J connectivity index is 1.80. The van der Waals surface area contributed by atoms with E-state index in [1.807, 2.05) is 6.92 Å². The predicted molar refractivity (Wildman–Crippen MR) is 107 cm³/mol. The van der Waals surface area contributed by atoms with E-state index in [2.05, 4.69) is 5.32 Å². The van der Waals surface area contributed by atoms with Crippen molar-refractivity contribution in [2.45, 2.75) is 32.6 Å². The smallest absolute Gasteiger partial charge is 0.310 e. The van der Waals surface area contributed by atoms with Crippen LogP contribution in [0.5, 0.6) is 0 Å². The molecule has 1 aliphatic heterocycles. The zero-order chi connectivity index (χ0) is 21.1. The number of fused-ring (bicyclic) bond motifs is 1. The highest BCUT2D eigenvalue weighted by atomic mass is 16.4. The molecule has 2 N–H and O–H groups in total. The Labute approximate surface area is 168 Å². The molecule has 0 aliphatic carbocycles. The number of hydrogen-bond donors (Lipinski definition) is 2. The number of unbranched alkanes of at least 4 members (excludes halogenated alkanes) is 1. The number of nitrogens with one attached hydrogen (secondary N) is 1. The summed E-state index contributed by atoms with van der Waals surface area (Å²) >= 11 is 0. The van der Waals surface area contributed by atoms with Gasteiger partial charge in [-0.3, -0.25) is 24.1 Å². The Bertz CT molecular complexity index is 998. The lowest BCUT2D eigenvalue weighted by atomic mass is 10.0. The molecule has 7 nitrogen and oxygen atoms in total. The molecule has 2 aromatic carbocycles. The van der Waals surface area contributed by atoms with Crippen molar-refractivity contribution in [3.8, 4) is 0 Å². The van der Waals surface area contributed by atoms with E-state index in [1.165, 1.54) is 23.1 Å². The summed E-state index contributed by atoms with van der Waals surface area (Å²) in [7, 11) is 0. The van der Waals surface area contributed by atoms with Crippen LogP contribution in [0.3, 0.4) is 0 Å². The van der Waals surface area contributed by atoms with Gasteiger partial charge in [0.2, 0.25) is 0 Å². The minimum Gasteiger partial charge on any atom is -0.481 e. The average molecular weight is 394 g/mol. The fourth-order valence-electron chi connectivity index (χ4n) is 3.18. The third-order valence-corrected chi connectivity index (χ3v) is 4.98. The minimum absolute atomic E-state index is 0.229. The Hall–Kier alpha value is -3.48. The molecule has 0 saturated heterocycles. The average Bonchev–Trinajstić information content (AvgIpc) is 2.95. The van der Waals surface area contributed by atoms with Crippen LogP contribution in [0.1, 0.15) is 69.2 Å². The molecular weight excluding hydrogens is 372 g/mol. The number of hydrogen-bond acceptors (Lipinski definition) is 4. The maximum atomic E-state index is 12.6. The number of carboxylic acids is 1. The van der Waals surface area contributed by atoms with Crippen molar-refractivity contribution in [3.63, 3.8) is 0 Å². The number of carbonyl (C=O) groups is 4. The van der Waals surface area contributed by atoms with E-state index in [0.717, 1.165) is 12.8 Å². The molecule has 0 radical (unpaired) electrons. The summed E-state index contributed by atoms with van der Waals surface area (Å²) in [5.41, 5.74) is 1.80. The molecule has 29 heavy (non-hydrogen) atoms. The predicted octanol–water partition coefficient (Wildman–Crippen LogP) is 3.52. The second-order valence-electron chi connectivity index (χ2n) is 7.02. The van der Waals surface area contributed by atoms with Gasteiger partial charge in [-0.1, -0.05) is 25.5 Å². The molecule has 7 heteroatoms. The van der Waals surface area contributed by atoms with Crippen molar-refractivity contribution >= 4 is 29.4 Å². The first-order valence-corrected chi connectivity index (χ1v) is 9.47. The highest BCUT2D eigenvalue weighted by Crippen LogP contribution is 2.25. The first-order valence-electron chi connectivity index (χ1n) is 9.47. The van der Waals surface area contributed by atoms with Gasteiger partial charge in [0.05, 0.1) is 17.0 Å². The first kappa shape index (κ1) is 20.3. The highest BCUT2D eigenvalue weighted by molar-refractivity contribution is 6.22.